The third-order valence-electron chi connectivity index (χ3n) is 13.3. The first-order valence-electron chi connectivity index (χ1n) is 31.4. The monoisotopic (exact) mass is 1040 g/mol. The van der Waals surface area contributed by atoms with Gasteiger partial charge in [-0.15, -0.1) is 0 Å². The Labute approximate surface area is 463 Å². The molecule has 0 spiro atoms. The average Bonchev–Trinajstić information content (AvgIpc) is 3.41. The summed E-state index contributed by atoms with van der Waals surface area (Å²) in [6.07, 6.45) is 85.1. The zero-order valence-electron chi connectivity index (χ0n) is 49.0. The van der Waals surface area contributed by atoms with Gasteiger partial charge in [-0.1, -0.05) is 271 Å². The first kappa shape index (κ1) is 71.1. The van der Waals surface area contributed by atoms with Crippen molar-refractivity contribution >= 4 is 17.9 Å². The second kappa shape index (κ2) is 62.6. The van der Waals surface area contributed by atoms with Crippen molar-refractivity contribution in [2.24, 2.45) is 0 Å². The summed E-state index contributed by atoms with van der Waals surface area (Å²) in [6.45, 7) is 6.49. The summed E-state index contributed by atoms with van der Waals surface area (Å²) in [4.78, 5) is 38.3. The van der Waals surface area contributed by atoms with Gasteiger partial charge in [0.15, 0.2) is 6.10 Å². The van der Waals surface area contributed by atoms with Gasteiger partial charge >= 0.3 is 17.9 Å². The maximum Gasteiger partial charge on any atom is 0.306 e. The summed E-state index contributed by atoms with van der Waals surface area (Å²) in [7, 11) is 0. The summed E-state index contributed by atoms with van der Waals surface area (Å²) >= 11 is 0. The van der Waals surface area contributed by atoms with E-state index in [1.165, 1.54) is 103 Å². The van der Waals surface area contributed by atoms with Crippen LogP contribution in [0.2, 0.25) is 0 Å². The second-order valence-electron chi connectivity index (χ2n) is 20.6. The highest BCUT2D eigenvalue weighted by Gasteiger charge is 2.19. The SMILES string of the molecule is CC/C=C\C/C=C\C/C=C\C/C=C\C/C=C\C/C=C\C/C=C\CCCCCCCC(=O)OCC(COC(=O)CCCCCCCCCCCCCCCCC)OC(=O)CCCCCCC/C=C\C/C=C\CCCCC. The molecule has 0 aromatic carbocycles. The highest BCUT2D eigenvalue weighted by molar-refractivity contribution is 5.71. The van der Waals surface area contributed by atoms with Crippen molar-refractivity contribution in [3.8, 4) is 0 Å². The van der Waals surface area contributed by atoms with Crippen molar-refractivity contribution in [2.75, 3.05) is 13.2 Å². The van der Waals surface area contributed by atoms with E-state index < -0.39 is 6.10 Å². The van der Waals surface area contributed by atoms with Crippen molar-refractivity contribution in [2.45, 2.75) is 297 Å². The summed E-state index contributed by atoms with van der Waals surface area (Å²) in [5, 5.41) is 0. The largest absolute Gasteiger partial charge is 0.462 e. The molecule has 0 aliphatic heterocycles. The molecular formula is C69H116O6. The van der Waals surface area contributed by atoms with Crippen LogP contribution in [0.5, 0.6) is 0 Å². The van der Waals surface area contributed by atoms with E-state index in [1.807, 2.05) is 0 Å². The molecule has 0 aliphatic carbocycles. The molecule has 1 unspecified atom stereocenters. The first-order chi connectivity index (χ1) is 37.0. The highest BCUT2D eigenvalue weighted by atomic mass is 16.6. The fourth-order valence-corrected chi connectivity index (χ4v) is 8.57. The maximum atomic E-state index is 12.9. The average molecular weight is 1040 g/mol. The Kier molecular flexibility index (Phi) is 59.3. The molecule has 0 fully saturated rings. The Hall–Kier alpha value is -3.93. The molecule has 0 saturated carbocycles. The van der Waals surface area contributed by atoms with Gasteiger partial charge in [-0.3, -0.25) is 14.4 Å². The van der Waals surface area contributed by atoms with Gasteiger partial charge in [0.05, 0.1) is 0 Å². The summed E-state index contributed by atoms with van der Waals surface area (Å²) in [6, 6.07) is 0. The molecule has 0 heterocycles. The normalized spacial score (nSPS) is 12.8. The highest BCUT2D eigenvalue weighted by Crippen LogP contribution is 2.16. The van der Waals surface area contributed by atoms with Crippen LogP contribution in [0.1, 0.15) is 290 Å². The van der Waals surface area contributed by atoms with Crippen LogP contribution in [0, 0.1) is 0 Å². The minimum absolute atomic E-state index is 0.0887. The van der Waals surface area contributed by atoms with E-state index >= 15 is 0 Å². The quantitative estimate of drug-likeness (QED) is 0.0261. The maximum absolute atomic E-state index is 12.9. The standard InChI is InChI=1S/C69H116O6/c1-4-7-10-13-16-19-22-25-28-29-30-31-32-33-34-35-36-37-38-39-42-44-47-50-53-56-59-62-68(71)74-65-66(75-69(72)63-60-57-54-51-48-45-41-27-24-21-18-15-12-9-6-3)64-73-67(70)61-58-55-52-49-46-43-40-26-23-20-17-14-11-8-5-2/h7,10,16,18-19,21,25,27-28,30-31,33-34,36-37,39,41-42,66H,4-6,8-9,11-15,17,20,22-24,26,29,32,35,38,40,43-65H2,1-3H3/b10-7-,19-16-,21-18-,28-25-,31-30-,34-33-,37-36-,41-27-,42-39-. The number of allylic oxidation sites excluding steroid dienone is 18. The van der Waals surface area contributed by atoms with Gasteiger partial charge in [-0.2, -0.15) is 0 Å². The van der Waals surface area contributed by atoms with Crippen molar-refractivity contribution < 1.29 is 28.6 Å². The Bertz CT molecular complexity index is 1520. The van der Waals surface area contributed by atoms with Crippen LogP contribution in [0.25, 0.3) is 0 Å². The van der Waals surface area contributed by atoms with Gasteiger partial charge in [-0.25, -0.2) is 0 Å². The van der Waals surface area contributed by atoms with Crippen LogP contribution in [0.15, 0.2) is 109 Å². The number of rotatable bonds is 56. The van der Waals surface area contributed by atoms with Crippen molar-refractivity contribution in [1.82, 2.24) is 0 Å². The summed E-state index contributed by atoms with van der Waals surface area (Å²) < 4.78 is 16.9. The topological polar surface area (TPSA) is 78.9 Å². The van der Waals surface area contributed by atoms with Crippen molar-refractivity contribution in [1.29, 1.82) is 0 Å². The molecule has 6 nitrogen and oxygen atoms in total. The van der Waals surface area contributed by atoms with E-state index in [2.05, 4.69) is 130 Å². The molecule has 0 rings (SSSR count). The molecular weight excluding hydrogens is 925 g/mol. The predicted octanol–water partition coefficient (Wildman–Crippen LogP) is 21.4. The lowest BCUT2D eigenvalue weighted by molar-refractivity contribution is -0.167. The molecule has 0 N–H and O–H groups in total. The van der Waals surface area contributed by atoms with E-state index in [4.69, 9.17) is 14.2 Å². The minimum atomic E-state index is -0.795. The molecule has 1 atom stereocenters. The lowest BCUT2D eigenvalue weighted by atomic mass is 10.0. The first-order valence-corrected chi connectivity index (χ1v) is 31.4. The smallest absolute Gasteiger partial charge is 0.306 e. The minimum Gasteiger partial charge on any atom is -0.462 e. The lowest BCUT2D eigenvalue weighted by Gasteiger charge is -2.18. The Morgan fingerprint density at radius 2 is 0.520 bits per heavy atom. The third-order valence-corrected chi connectivity index (χ3v) is 13.3. The van der Waals surface area contributed by atoms with E-state index in [1.54, 1.807) is 0 Å². The fourth-order valence-electron chi connectivity index (χ4n) is 8.57. The molecule has 428 valence electrons. The van der Waals surface area contributed by atoms with Gasteiger partial charge in [0.1, 0.15) is 13.2 Å². The Morgan fingerprint density at radius 3 is 0.840 bits per heavy atom. The number of carbonyl (C=O) groups excluding carboxylic acids is 3. The molecule has 0 amide bonds. The van der Waals surface area contributed by atoms with Crippen LogP contribution in [0.3, 0.4) is 0 Å². The van der Waals surface area contributed by atoms with Crippen molar-refractivity contribution in [3.63, 3.8) is 0 Å². The van der Waals surface area contributed by atoms with Gasteiger partial charge in [-0.05, 0) is 109 Å². The fraction of sp³-hybridized carbons (Fsp3) is 0.696. The molecule has 0 bridgehead atoms. The second-order valence-corrected chi connectivity index (χ2v) is 20.6. The van der Waals surface area contributed by atoms with Gasteiger partial charge in [0.2, 0.25) is 0 Å². The van der Waals surface area contributed by atoms with Gasteiger partial charge in [0.25, 0.3) is 0 Å². The van der Waals surface area contributed by atoms with Crippen molar-refractivity contribution in [3.05, 3.63) is 109 Å². The van der Waals surface area contributed by atoms with E-state index in [0.717, 1.165) is 148 Å². The summed E-state index contributed by atoms with van der Waals surface area (Å²) in [5.41, 5.74) is 0. The Balaban J connectivity index is 4.39. The Morgan fingerprint density at radius 1 is 0.280 bits per heavy atom. The lowest BCUT2D eigenvalue weighted by Crippen LogP contribution is -2.30. The number of unbranched alkanes of at least 4 members (excludes halogenated alkanes) is 27. The molecule has 0 saturated heterocycles. The molecule has 0 aromatic heterocycles. The molecule has 0 radical (unpaired) electrons. The number of esters is 3. The predicted molar refractivity (Wildman–Crippen MR) is 325 cm³/mol. The van der Waals surface area contributed by atoms with Crippen LogP contribution < -0.4 is 0 Å². The van der Waals surface area contributed by atoms with Crippen LogP contribution >= 0.6 is 0 Å². The van der Waals surface area contributed by atoms with Gasteiger partial charge in [0, 0.05) is 19.3 Å². The summed E-state index contributed by atoms with van der Waals surface area (Å²) in [5.74, 6) is -0.916. The molecule has 0 aliphatic rings. The van der Waals surface area contributed by atoms with E-state index in [-0.39, 0.29) is 31.1 Å². The molecule has 6 heteroatoms. The zero-order chi connectivity index (χ0) is 54.3. The van der Waals surface area contributed by atoms with Crippen LogP contribution in [-0.2, 0) is 28.6 Å². The number of carbonyl (C=O) groups is 3. The molecule has 75 heavy (non-hydrogen) atoms. The van der Waals surface area contributed by atoms with E-state index in [0.29, 0.717) is 19.3 Å². The number of hydrogen-bond donors (Lipinski definition) is 0. The zero-order valence-corrected chi connectivity index (χ0v) is 49.0. The van der Waals surface area contributed by atoms with Crippen LogP contribution in [-0.4, -0.2) is 37.2 Å². The third kappa shape index (κ3) is 60.8. The van der Waals surface area contributed by atoms with E-state index in [9.17, 15) is 14.4 Å². The van der Waals surface area contributed by atoms with Crippen LogP contribution in [0.4, 0.5) is 0 Å². The number of ether oxygens (including phenoxy) is 3. The molecule has 0 aromatic rings. The number of hydrogen-bond acceptors (Lipinski definition) is 6. The van der Waals surface area contributed by atoms with Gasteiger partial charge < -0.3 is 14.2 Å².